The zero-order valence-corrected chi connectivity index (χ0v) is 15.0. The van der Waals surface area contributed by atoms with Crippen molar-refractivity contribution in [3.8, 4) is 17.6 Å². The van der Waals surface area contributed by atoms with Crippen LogP contribution in [0.1, 0.15) is 19.3 Å². The van der Waals surface area contributed by atoms with Crippen LogP contribution in [0, 0.1) is 17.1 Å². The lowest BCUT2D eigenvalue weighted by Crippen LogP contribution is -2.45. The fourth-order valence-corrected chi connectivity index (χ4v) is 3.39. The molecule has 0 saturated carbocycles. The van der Waals surface area contributed by atoms with Crippen molar-refractivity contribution in [2.24, 2.45) is 0 Å². The number of carbonyl (C=O) groups is 1. The van der Waals surface area contributed by atoms with Crippen molar-refractivity contribution >= 4 is 17.4 Å². The minimum absolute atomic E-state index is 0.0405. The Kier molecular flexibility index (Phi) is 4.85. The lowest BCUT2D eigenvalue weighted by atomic mass is 10.1. The molecule has 1 aliphatic heterocycles. The summed E-state index contributed by atoms with van der Waals surface area (Å²) in [7, 11) is 0. The summed E-state index contributed by atoms with van der Waals surface area (Å²) in [4.78, 5) is 26.8. The van der Waals surface area contributed by atoms with Crippen molar-refractivity contribution in [2.75, 3.05) is 18.4 Å². The van der Waals surface area contributed by atoms with Gasteiger partial charge in [-0.05, 0) is 31.0 Å². The fourth-order valence-electron chi connectivity index (χ4n) is 3.39. The average molecular weight is 379 g/mol. The van der Waals surface area contributed by atoms with Gasteiger partial charge in [0.1, 0.15) is 29.4 Å². The van der Waals surface area contributed by atoms with Crippen molar-refractivity contribution in [3.05, 3.63) is 42.6 Å². The second kappa shape index (κ2) is 7.60. The molecule has 4 rings (SSSR count). The number of aromatic nitrogens is 4. The quantitative estimate of drug-likeness (QED) is 0.746. The number of imidazole rings is 1. The monoisotopic (exact) mass is 379 g/mol. The SMILES string of the molecule is N#CCC(=O)N1CCCC(Nc2ccnc(-c3cnc4ccc(F)cn34)n2)C1. The summed E-state index contributed by atoms with van der Waals surface area (Å²) in [5.41, 5.74) is 1.20. The van der Waals surface area contributed by atoms with Gasteiger partial charge in [0, 0.05) is 31.5 Å². The van der Waals surface area contributed by atoms with Crippen LogP contribution in [-0.4, -0.2) is 49.3 Å². The van der Waals surface area contributed by atoms with E-state index in [-0.39, 0.29) is 24.2 Å². The zero-order valence-electron chi connectivity index (χ0n) is 15.0. The Morgan fingerprint density at radius 2 is 2.25 bits per heavy atom. The molecule has 0 aromatic carbocycles. The van der Waals surface area contributed by atoms with Crippen molar-refractivity contribution in [2.45, 2.75) is 25.3 Å². The summed E-state index contributed by atoms with van der Waals surface area (Å²) in [5, 5.41) is 12.1. The van der Waals surface area contributed by atoms with Crippen LogP contribution < -0.4 is 5.32 Å². The maximum atomic E-state index is 13.6. The molecule has 1 unspecified atom stereocenters. The first kappa shape index (κ1) is 17.9. The van der Waals surface area contributed by atoms with Crippen LogP contribution in [0.3, 0.4) is 0 Å². The minimum Gasteiger partial charge on any atom is -0.365 e. The maximum Gasteiger partial charge on any atom is 0.236 e. The first-order valence-electron chi connectivity index (χ1n) is 9.01. The van der Waals surface area contributed by atoms with E-state index in [1.807, 2.05) is 6.07 Å². The Morgan fingerprint density at radius 3 is 3.11 bits per heavy atom. The Labute approximate surface area is 160 Å². The van der Waals surface area contributed by atoms with Gasteiger partial charge < -0.3 is 10.2 Å². The van der Waals surface area contributed by atoms with E-state index in [1.54, 1.807) is 33.8 Å². The van der Waals surface area contributed by atoms with Gasteiger partial charge in [-0.15, -0.1) is 0 Å². The molecule has 0 bridgehead atoms. The average Bonchev–Trinajstić information content (AvgIpc) is 3.11. The molecule has 0 radical (unpaired) electrons. The Bertz CT molecular complexity index is 1060. The summed E-state index contributed by atoms with van der Waals surface area (Å²) in [6.07, 6.45) is 6.24. The number of fused-ring (bicyclic) bond motifs is 1. The largest absolute Gasteiger partial charge is 0.365 e. The summed E-state index contributed by atoms with van der Waals surface area (Å²) < 4.78 is 15.2. The van der Waals surface area contributed by atoms with Crippen molar-refractivity contribution in [1.82, 2.24) is 24.3 Å². The molecule has 1 atom stereocenters. The fraction of sp³-hybridized carbons (Fsp3) is 0.316. The highest BCUT2D eigenvalue weighted by Crippen LogP contribution is 2.20. The van der Waals surface area contributed by atoms with E-state index in [1.165, 1.54) is 12.3 Å². The number of hydrogen-bond acceptors (Lipinski definition) is 6. The van der Waals surface area contributed by atoms with E-state index in [0.717, 1.165) is 12.8 Å². The van der Waals surface area contributed by atoms with E-state index in [9.17, 15) is 9.18 Å². The molecule has 1 N–H and O–H groups in total. The third-order valence-electron chi connectivity index (χ3n) is 4.71. The van der Waals surface area contributed by atoms with E-state index in [0.29, 0.717) is 36.1 Å². The first-order valence-corrected chi connectivity index (χ1v) is 9.01. The Balaban J connectivity index is 1.53. The number of amides is 1. The van der Waals surface area contributed by atoms with Crippen LogP contribution in [0.25, 0.3) is 17.2 Å². The molecule has 28 heavy (non-hydrogen) atoms. The van der Waals surface area contributed by atoms with Crippen molar-refractivity contribution in [1.29, 1.82) is 5.26 Å². The molecular formula is C19H18FN7O. The standard InChI is InChI=1S/C19H18FN7O/c20-13-3-4-17-23-10-15(27(17)11-13)19-22-8-6-16(25-19)24-14-2-1-9-26(12-14)18(28)5-7-21/h3-4,6,8,10-11,14H,1-2,5,9,12H2,(H,22,24,25). The molecule has 0 aliphatic carbocycles. The van der Waals surface area contributed by atoms with Gasteiger partial charge in [0.25, 0.3) is 0 Å². The van der Waals surface area contributed by atoms with Gasteiger partial charge in [-0.25, -0.2) is 19.3 Å². The summed E-state index contributed by atoms with van der Waals surface area (Å²) in [6, 6.07) is 6.65. The van der Waals surface area contributed by atoms with Crippen molar-refractivity contribution < 1.29 is 9.18 Å². The van der Waals surface area contributed by atoms with E-state index >= 15 is 0 Å². The molecule has 3 aromatic rings. The van der Waals surface area contributed by atoms with E-state index in [2.05, 4.69) is 20.3 Å². The van der Waals surface area contributed by atoms with Gasteiger partial charge in [0.2, 0.25) is 5.91 Å². The number of nitriles is 1. The van der Waals surface area contributed by atoms with Crippen LogP contribution in [0.4, 0.5) is 10.2 Å². The number of halogens is 1. The molecule has 142 valence electrons. The van der Waals surface area contributed by atoms with Gasteiger partial charge in [-0.1, -0.05) is 0 Å². The lowest BCUT2D eigenvalue weighted by molar-refractivity contribution is -0.131. The summed E-state index contributed by atoms with van der Waals surface area (Å²) in [6.45, 7) is 1.20. The Morgan fingerprint density at radius 1 is 1.36 bits per heavy atom. The smallest absolute Gasteiger partial charge is 0.236 e. The third kappa shape index (κ3) is 3.62. The highest BCUT2D eigenvalue weighted by molar-refractivity contribution is 5.78. The molecular weight excluding hydrogens is 361 g/mol. The zero-order chi connectivity index (χ0) is 19.5. The lowest BCUT2D eigenvalue weighted by Gasteiger charge is -2.33. The predicted molar refractivity (Wildman–Crippen MR) is 99.6 cm³/mol. The molecule has 1 aliphatic rings. The number of hydrogen-bond donors (Lipinski definition) is 1. The molecule has 8 nitrogen and oxygen atoms in total. The van der Waals surface area contributed by atoms with Gasteiger partial charge in [-0.2, -0.15) is 5.26 Å². The minimum atomic E-state index is -0.370. The molecule has 1 amide bonds. The number of piperidine rings is 1. The second-order valence-electron chi connectivity index (χ2n) is 6.64. The predicted octanol–water partition coefficient (Wildman–Crippen LogP) is 2.25. The number of pyridine rings is 1. The number of nitrogens with one attached hydrogen (secondary N) is 1. The van der Waals surface area contributed by atoms with Gasteiger partial charge >= 0.3 is 0 Å². The van der Waals surface area contributed by atoms with Crippen LogP contribution in [0.2, 0.25) is 0 Å². The normalized spacial score (nSPS) is 16.7. The number of nitrogens with zero attached hydrogens (tertiary/aromatic N) is 6. The van der Waals surface area contributed by atoms with E-state index < -0.39 is 0 Å². The van der Waals surface area contributed by atoms with Crippen LogP contribution in [0.15, 0.2) is 36.8 Å². The van der Waals surface area contributed by atoms with E-state index in [4.69, 9.17) is 5.26 Å². The summed E-state index contributed by atoms with van der Waals surface area (Å²) in [5.74, 6) is 0.530. The molecule has 0 spiro atoms. The third-order valence-corrected chi connectivity index (χ3v) is 4.71. The topological polar surface area (TPSA) is 99.2 Å². The number of anilines is 1. The molecule has 9 heteroatoms. The van der Waals surface area contributed by atoms with Crippen LogP contribution in [0.5, 0.6) is 0 Å². The van der Waals surface area contributed by atoms with Crippen molar-refractivity contribution in [3.63, 3.8) is 0 Å². The summed E-state index contributed by atoms with van der Waals surface area (Å²) >= 11 is 0. The molecule has 1 fully saturated rings. The number of carbonyl (C=O) groups excluding carboxylic acids is 1. The molecule has 1 saturated heterocycles. The number of likely N-dealkylation sites (tertiary alicyclic amines) is 1. The van der Waals surface area contributed by atoms with Crippen LogP contribution >= 0.6 is 0 Å². The second-order valence-corrected chi connectivity index (χ2v) is 6.64. The first-order chi connectivity index (χ1) is 13.6. The van der Waals surface area contributed by atoms with Crippen LogP contribution in [-0.2, 0) is 4.79 Å². The Hall–Kier alpha value is -3.54. The van der Waals surface area contributed by atoms with Gasteiger partial charge in [0.15, 0.2) is 5.82 Å². The van der Waals surface area contributed by atoms with Gasteiger partial charge in [-0.3, -0.25) is 9.20 Å². The molecule has 3 aromatic heterocycles. The maximum absolute atomic E-state index is 13.6. The highest BCUT2D eigenvalue weighted by Gasteiger charge is 2.23. The highest BCUT2D eigenvalue weighted by atomic mass is 19.1. The number of rotatable bonds is 4. The molecule has 4 heterocycles. The van der Waals surface area contributed by atoms with Gasteiger partial charge in [0.05, 0.1) is 12.3 Å².